The number of nitrogens with zero attached hydrogens (tertiary/aromatic N) is 2. The molecular weight excluding hydrogens is 317 g/mol. The molecular formula is C18H17F3N2O. The van der Waals surface area contributed by atoms with Gasteiger partial charge in [0.05, 0.1) is 12.5 Å². The van der Waals surface area contributed by atoms with Crippen LogP contribution in [0, 0.1) is 17.5 Å². The first-order valence-corrected chi connectivity index (χ1v) is 7.89. The molecule has 2 heterocycles. The molecule has 1 aromatic heterocycles. The molecule has 0 bridgehead atoms. The van der Waals surface area contributed by atoms with E-state index in [1.807, 2.05) is 12.1 Å². The maximum atomic E-state index is 13.8. The minimum absolute atomic E-state index is 0.117. The number of piperidine rings is 1. The van der Waals surface area contributed by atoms with Crippen LogP contribution < -0.4 is 0 Å². The average Bonchev–Trinajstić information content (AvgIpc) is 2.60. The van der Waals surface area contributed by atoms with Crippen molar-refractivity contribution in [3.05, 3.63) is 65.2 Å². The lowest BCUT2D eigenvalue weighted by molar-refractivity contribution is -0.134. The number of carbonyl (C=O) groups is 1. The molecule has 0 spiro atoms. The van der Waals surface area contributed by atoms with Gasteiger partial charge in [-0.1, -0.05) is 6.07 Å². The standard InChI is InChI=1S/C18H17F3N2O/c19-14-10-16(21)15(20)8-13(14)9-18(24)23-7-2-1-5-17(23)12-4-3-6-22-11-12/h3-4,6,8,10-11,17H,1-2,5,7,9H2/t17-/m1/s1. The molecule has 1 aromatic carbocycles. The normalized spacial score (nSPS) is 17.8. The van der Waals surface area contributed by atoms with E-state index in [4.69, 9.17) is 0 Å². The summed E-state index contributed by atoms with van der Waals surface area (Å²) in [5, 5.41) is 0. The zero-order valence-electron chi connectivity index (χ0n) is 13.0. The van der Waals surface area contributed by atoms with Crippen molar-refractivity contribution in [2.75, 3.05) is 6.54 Å². The fourth-order valence-electron chi connectivity index (χ4n) is 3.11. The van der Waals surface area contributed by atoms with Crippen molar-refractivity contribution in [2.45, 2.75) is 31.7 Å². The van der Waals surface area contributed by atoms with Gasteiger partial charge in [0.25, 0.3) is 0 Å². The van der Waals surface area contributed by atoms with Gasteiger partial charge in [-0.3, -0.25) is 9.78 Å². The van der Waals surface area contributed by atoms with E-state index in [0.29, 0.717) is 12.6 Å². The molecule has 6 heteroatoms. The zero-order chi connectivity index (χ0) is 17.1. The highest BCUT2D eigenvalue weighted by Gasteiger charge is 2.28. The van der Waals surface area contributed by atoms with Gasteiger partial charge in [0.15, 0.2) is 11.6 Å². The maximum Gasteiger partial charge on any atom is 0.227 e. The van der Waals surface area contributed by atoms with Crippen molar-refractivity contribution in [3.8, 4) is 0 Å². The Morgan fingerprint density at radius 2 is 1.96 bits per heavy atom. The van der Waals surface area contributed by atoms with Gasteiger partial charge in [-0.25, -0.2) is 13.2 Å². The minimum Gasteiger partial charge on any atom is -0.335 e. The third-order valence-electron chi connectivity index (χ3n) is 4.32. The number of benzene rings is 1. The van der Waals surface area contributed by atoms with Gasteiger partial charge in [-0.05, 0) is 37.0 Å². The van der Waals surface area contributed by atoms with Crippen molar-refractivity contribution in [2.24, 2.45) is 0 Å². The Morgan fingerprint density at radius 3 is 2.71 bits per heavy atom. The molecule has 1 aliphatic heterocycles. The average molecular weight is 334 g/mol. The van der Waals surface area contributed by atoms with E-state index in [1.54, 1.807) is 17.3 Å². The van der Waals surface area contributed by atoms with E-state index in [2.05, 4.69) is 4.98 Å². The summed E-state index contributed by atoms with van der Waals surface area (Å²) >= 11 is 0. The first kappa shape index (κ1) is 16.5. The predicted molar refractivity (Wildman–Crippen MR) is 82.6 cm³/mol. The SMILES string of the molecule is O=C(Cc1cc(F)c(F)cc1F)N1CCCC[C@@H]1c1cccnc1. The van der Waals surface area contributed by atoms with Crippen LogP contribution in [0.4, 0.5) is 13.2 Å². The number of amides is 1. The smallest absolute Gasteiger partial charge is 0.227 e. The van der Waals surface area contributed by atoms with Crippen molar-refractivity contribution >= 4 is 5.91 Å². The first-order chi connectivity index (χ1) is 11.6. The van der Waals surface area contributed by atoms with Gasteiger partial charge in [0, 0.05) is 30.6 Å². The minimum atomic E-state index is -1.25. The summed E-state index contributed by atoms with van der Waals surface area (Å²) in [5.41, 5.74) is 0.797. The molecule has 0 saturated carbocycles. The van der Waals surface area contributed by atoms with E-state index in [9.17, 15) is 18.0 Å². The van der Waals surface area contributed by atoms with Crippen LogP contribution in [0.5, 0.6) is 0 Å². The summed E-state index contributed by atoms with van der Waals surface area (Å²) in [6.45, 7) is 0.559. The molecule has 0 radical (unpaired) electrons. The number of aromatic nitrogens is 1. The number of halogens is 3. The van der Waals surface area contributed by atoms with Crippen LogP contribution >= 0.6 is 0 Å². The van der Waals surface area contributed by atoms with Crippen molar-refractivity contribution in [1.29, 1.82) is 0 Å². The Morgan fingerprint density at radius 1 is 1.17 bits per heavy atom. The number of rotatable bonds is 3. The highest BCUT2D eigenvalue weighted by Crippen LogP contribution is 2.31. The van der Waals surface area contributed by atoms with Crippen molar-refractivity contribution in [3.63, 3.8) is 0 Å². The molecule has 1 atom stereocenters. The topological polar surface area (TPSA) is 33.2 Å². The zero-order valence-corrected chi connectivity index (χ0v) is 13.0. The number of hydrogen-bond acceptors (Lipinski definition) is 2. The second-order valence-corrected chi connectivity index (χ2v) is 5.92. The van der Waals surface area contributed by atoms with Crippen molar-refractivity contribution < 1.29 is 18.0 Å². The Bertz CT molecular complexity index is 737. The van der Waals surface area contributed by atoms with Gasteiger partial charge >= 0.3 is 0 Å². The van der Waals surface area contributed by atoms with Gasteiger partial charge in [0.1, 0.15) is 5.82 Å². The van der Waals surface area contributed by atoms with E-state index < -0.39 is 17.5 Å². The summed E-state index contributed by atoms with van der Waals surface area (Å²) < 4.78 is 40.1. The van der Waals surface area contributed by atoms with E-state index in [1.165, 1.54) is 0 Å². The summed E-state index contributed by atoms with van der Waals surface area (Å²) in [6.07, 6.45) is 5.74. The molecule has 3 nitrogen and oxygen atoms in total. The number of hydrogen-bond donors (Lipinski definition) is 0. The molecule has 0 aliphatic carbocycles. The highest BCUT2D eigenvalue weighted by molar-refractivity contribution is 5.79. The number of pyridine rings is 1. The van der Waals surface area contributed by atoms with Gasteiger partial charge in [-0.15, -0.1) is 0 Å². The lowest BCUT2D eigenvalue weighted by Crippen LogP contribution is -2.39. The molecule has 3 rings (SSSR count). The molecule has 1 amide bonds. The fraction of sp³-hybridized carbons (Fsp3) is 0.333. The van der Waals surface area contributed by atoms with E-state index >= 15 is 0 Å². The maximum absolute atomic E-state index is 13.8. The third-order valence-corrected chi connectivity index (χ3v) is 4.32. The van der Waals surface area contributed by atoms with Crippen LogP contribution in [-0.4, -0.2) is 22.3 Å². The Kier molecular flexibility index (Phi) is 4.83. The second kappa shape index (κ2) is 7.03. The first-order valence-electron chi connectivity index (χ1n) is 7.89. The van der Waals surface area contributed by atoms with Crippen LogP contribution in [0.2, 0.25) is 0 Å². The monoisotopic (exact) mass is 334 g/mol. The highest BCUT2D eigenvalue weighted by atomic mass is 19.2. The lowest BCUT2D eigenvalue weighted by Gasteiger charge is -2.36. The molecule has 0 unspecified atom stereocenters. The van der Waals surface area contributed by atoms with Crippen LogP contribution in [0.25, 0.3) is 0 Å². The summed E-state index contributed by atoms with van der Waals surface area (Å²) in [4.78, 5) is 18.4. The summed E-state index contributed by atoms with van der Waals surface area (Å²) in [5.74, 6) is -3.61. The molecule has 1 fully saturated rings. The Labute approximate surface area is 138 Å². The molecule has 126 valence electrons. The molecule has 24 heavy (non-hydrogen) atoms. The third kappa shape index (κ3) is 3.42. The largest absolute Gasteiger partial charge is 0.335 e. The lowest BCUT2D eigenvalue weighted by atomic mass is 9.95. The van der Waals surface area contributed by atoms with Crippen molar-refractivity contribution in [1.82, 2.24) is 9.88 Å². The van der Waals surface area contributed by atoms with Crippen LogP contribution in [0.3, 0.4) is 0 Å². The van der Waals surface area contributed by atoms with Gasteiger partial charge in [-0.2, -0.15) is 0 Å². The summed E-state index contributed by atoms with van der Waals surface area (Å²) in [7, 11) is 0. The molecule has 0 N–H and O–H groups in total. The second-order valence-electron chi connectivity index (χ2n) is 5.92. The van der Waals surface area contributed by atoms with Gasteiger partial charge < -0.3 is 4.90 Å². The predicted octanol–water partition coefficient (Wildman–Crippen LogP) is 3.80. The Hall–Kier alpha value is -2.37. The van der Waals surface area contributed by atoms with E-state index in [-0.39, 0.29) is 23.9 Å². The number of likely N-dealkylation sites (tertiary alicyclic amines) is 1. The molecule has 2 aromatic rings. The quantitative estimate of drug-likeness (QED) is 0.800. The molecule has 1 aliphatic rings. The summed E-state index contributed by atoms with van der Waals surface area (Å²) in [6, 6.07) is 4.83. The van der Waals surface area contributed by atoms with Crippen LogP contribution in [-0.2, 0) is 11.2 Å². The van der Waals surface area contributed by atoms with Crippen LogP contribution in [0.1, 0.15) is 36.4 Å². The molecule has 1 saturated heterocycles. The fourth-order valence-corrected chi connectivity index (χ4v) is 3.11. The number of carbonyl (C=O) groups excluding carboxylic acids is 1. The van der Waals surface area contributed by atoms with E-state index in [0.717, 1.165) is 30.9 Å². The van der Waals surface area contributed by atoms with Gasteiger partial charge in [0.2, 0.25) is 5.91 Å². The van der Waals surface area contributed by atoms with Crippen LogP contribution in [0.15, 0.2) is 36.7 Å². The Balaban J connectivity index is 1.81.